The van der Waals surface area contributed by atoms with Crippen molar-refractivity contribution in [1.82, 2.24) is 15.4 Å². The second kappa shape index (κ2) is 7.79. The van der Waals surface area contributed by atoms with Gasteiger partial charge in [-0.3, -0.25) is 15.2 Å². The lowest BCUT2D eigenvalue weighted by Gasteiger charge is -2.33. The number of anilines is 1. The first-order chi connectivity index (χ1) is 12.5. The fraction of sp³-hybridized carbons (Fsp3) is 0.333. The molecule has 1 aromatic carbocycles. The second-order valence-electron chi connectivity index (χ2n) is 6.27. The fourth-order valence-electron chi connectivity index (χ4n) is 3.16. The maximum Gasteiger partial charge on any atom is 0.269 e. The molecule has 0 spiro atoms. The summed E-state index contributed by atoms with van der Waals surface area (Å²) in [6.45, 7) is 2.12. The molecule has 1 saturated carbocycles. The van der Waals surface area contributed by atoms with Crippen LogP contribution in [0.5, 0.6) is 0 Å². The van der Waals surface area contributed by atoms with E-state index in [1.165, 1.54) is 30.5 Å². The molecular weight excluding hydrogens is 401 g/mol. The maximum atomic E-state index is 13.1. The van der Waals surface area contributed by atoms with E-state index in [0.29, 0.717) is 21.8 Å². The highest BCUT2D eigenvalue weighted by Crippen LogP contribution is 2.33. The van der Waals surface area contributed by atoms with Crippen molar-refractivity contribution < 1.29 is 9.18 Å². The lowest BCUT2D eigenvalue weighted by Crippen LogP contribution is -2.50. The summed E-state index contributed by atoms with van der Waals surface area (Å²) in [5.74, 6) is 0.0321. The molecule has 2 aromatic rings. The van der Waals surface area contributed by atoms with E-state index in [1.807, 2.05) is 6.07 Å². The molecule has 6 nitrogen and oxygen atoms in total. The highest BCUT2D eigenvalue weighted by Gasteiger charge is 2.32. The zero-order valence-corrected chi connectivity index (χ0v) is 15.7. The Labute approximate surface area is 159 Å². The summed E-state index contributed by atoms with van der Waals surface area (Å²) in [5, 5.41) is 10.8. The van der Waals surface area contributed by atoms with Gasteiger partial charge in [-0.05, 0) is 59.0 Å². The van der Waals surface area contributed by atoms with Crippen molar-refractivity contribution in [1.29, 1.82) is 5.26 Å². The Morgan fingerprint density at radius 2 is 2.12 bits per heavy atom. The molecule has 2 atom stereocenters. The van der Waals surface area contributed by atoms with Gasteiger partial charge in [-0.1, -0.05) is 13.3 Å². The van der Waals surface area contributed by atoms with Crippen LogP contribution < -0.4 is 10.4 Å². The van der Waals surface area contributed by atoms with Gasteiger partial charge in [-0.2, -0.15) is 10.2 Å². The highest BCUT2D eigenvalue weighted by molar-refractivity contribution is 9.10. The molecule has 8 heteroatoms. The van der Waals surface area contributed by atoms with E-state index in [4.69, 9.17) is 5.26 Å². The molecule has 0 unspecified atom stereocenters. The largest absolute Gasteiger partial charge is 0.269 e. The minimum Gasteiger partial charge on any atom is -0.267 e. The van der Waals surface area contributed by atoms with Crippen LogP contribution in [0, 0.1) is 23.1 Å². The number of hydrazine groups is 1. The van der Waals surface area contributed by atoms with Gasteiger partial charge in [0.05, 0.1) is 10.5 Å². The SMILES string of the molecule is C[C@H]1CCC[C@@H]1N(NC(=O)c1ccc(F)cc1)c1nc(C#N)ncc1Br. The summed E-state index contributed by atoms with van der Waals surface area (Å²) in [6, 6.07) is 7.30. The van der Waals surface area contributed by atoms with Crippen molar-refractivity contribution in [3.8, 4) is 6.07 Å². The summed E-state index contributed by atoms with van der Waals surface area (Å²) in [5.41, 5.74) is 3.22. The third kappa shape index (κ3) is 3.83. The van der Waals surface area contributed by atoms with Crippen molar-refractivity contribution in [2.75, 3.05) is 5.01 Å². The summed E-state index contributed by atoms with van der Waals surface area (Å²) in [7, 11) is 0. The lowest BCUT2D eigenvalue weighted by atomic mass is 10.1. The van der Waals surface area contributed by atoms with E-state index in [0.717, 1.165) is 19.3 Å². The van der Waals surface area contributed by atoms with Crippen molar-refractivity contribution in [2.45, 2.75) is 32.2 Å². The summed E-state index contributed by atoms with van der Waals surface area (Å²) >= 11 is 3.41. The topological polar surface area (TPSA) is 81.9 Å². The summed E-state index contributed by atoms with van der Waals surface area (Å²) in [4.78, 5) is 20.9. The Balaban J connectivity index is 1.95. The predicted molar refractivity (Wildman–Crippen MR) is 97.6 cm³/mol. The van der Waals surface area contributed by atoms with Crippen molar-refractivity contribution in [3.05, 3.63) is 52.1 Å². The smallest absolute Gasteiger partial charge is 0.267 e. The zero-order valence-electron chi connectivity index (χ0n) is 14.1. The number of nitrogens with zero attached hydrogens (tertiary/aromatic N) is 4. The first-order valence-electron chi connectivity index (χ1n) is 8.28. The number of hydrogen-bond donors (Lipinski definition) is 1. The molecule has 134 valence electrons. The molecule has 1 fully saturated rings. The first-order valence-corrected chi connectivity index (χ1v) is 9.07. The van der Waals surface area contributed by atoms with Gasteiger partial charge in [0, 0.05) is 11.8 Å². The number of rotatable bonds is 4. The molecular formula is C18H17BrFN5O. The van der Waals surface area contributed by atoms with Crippen LogP contribution in [0.25, 0.3) is 0 Å². The Hall–Kier alpha value is -2.53. The van der Waals surface area contributed by atoms with Crippen LogP contribution in [-0.2, 0) is 0 Å². The number of nitrogens with one attached hydrogen (secondary N) is 1. The van der Waals surface area contributed by atoms with Gasteiger partial charge in [0.15, 0.2) is 5.82 Å². The molecule has 3 rings (SSSR count). The average molecular weight is 418 g/mol. The Kier molecular flexibility index (Phi) is 5.47. The number of carbonyl (C=O) groups excluding carboxylic acids is 1. The summed E-state index contributed by atoms with van der Waals surface area (Å²) < 4.78 is 13.7. The number of benzene rings is 1. The summed E-state index contributed by atoms with van der Waals surface area (Å²) in [6.07, 6.45) is 4.48. The molecule has 1 aliphatic rings. The fourth-order valence-corrected chi connectivity index (χ4v) is 3.54. The Morgan fingerprint density at radius 1 is 1.38 bits per heavy atom. The van der Waals surface area contributed by atoms with Crippen LogP contribution in [0.2, 0.25) is 0 Å². The van der Waals surface area contributed by atoms with E-state index >= 15 is 0 Å². The number of carbonyl (C=O) groups is 1. The van der Waals surface area contributed by atoms with E-state index in [9.17, 15) is 9.18 Å². The minimum atomic E-state index is -0.403. The van der Waals surface area contributed by atoms with Crippen LogP contribution in [0.1, 0.15) is 42.4 Å². The monoisotopic (exact) mass is 417 g/mol. The quantitative estimate of drug-likeness (QED) is 0.768. The first kappa shape index (κ1) is 18.3. The molecule has 0 bridgehead atoms. The van der Waals surface area contributed by atoms with Crippen LogP contribution >= 0.6 is 15.9 Å². The number of nitriles is 1. The van der Waals surface area contributed by atoms with Crippen molar-refractivity contribution in [2.24, 2.45) is 5.92 Å². The van der Waals surface area contributed by atoms with Gasteiger partial charge >= 0.3 is 0 Å². The van der Waals surface area contributed by atoms with Gasteiger partial charge in [0.1, 0.15) is 11.9 Å². The van der Waals surface area contributed by atoms with Gasteiger partial charge in [-0.25, -0.2) is 9.37 Å². The molecule has 1 aromatic heterocycles. The predicted octanol–water partition coefficient (Wildman–Crippen LogP) is 3.59. The molecule has 0 radical (unpaired) electrons. The molecule has 0 saturated heterocycles. The highest BCUT2D eigenvalue weighted by atomic mass is 79.9. The number of aromatic nitrogens is 2. The Bertz CT molecular complexity index is 852. The molecule has 1 N–H and O–H groups in total. The van der Waals surface area contributed by atoms with Crippen molar-refractivity contribution in [3.63, 3.8) is 0 Å². The average Bonchev–Trinajstić information content (AvgIpc) is 3.06. The number of amides is 1. The van der Waals surface area contributed by atoms with Gasteiger partial charge in [0.25, 0.3) is 5.91 Å². The number of halogens is 2. The molecule has 26 heavy (non-hydrogen) atoms. The minimum absolute atomic E-state index is 0.0230. The van der Waals surface area contributed by atoms with Crippen LogP contribution in [0.15, 0.2) is 34.9 Å². The van der Waals surface area contributed by atoms with E-state index in [-0.39, 0.29) is 17.8 Å². The molecule has 0 aliphatic heterocycles. The maximum absolute atomic E-state index is 13.1. The third-order valence-electron chi connectivity index (χ3n) is 4.53. The van der Waals surface area contributed by atoms with Gasteiger partial charge in [0.2, 0.25) is 5.82 Å². The van der Waals surface area contributed by atoms with Crippen LogP contribution in [0.3, 0.4) is 0 Å². The Morgan fingerprint density at radius 3 is 2.73 bits per heavy atom. The van der Waals surface area contributed by atoms with Gasteiger partial charge < -0.3 is 0 Å². The second-order valence-corrected chi connectivity index (χ2v) is 7.12. The molecule has 1 amide bonds. The normalized spacial score (nSPS) is 19.0. The molecule has 1 aliphatic carbocycles. The van der Waals surface area contributed by atoms with Crippen molar-refractivity contribution >= 4 is 27.7 Å². The van der Waals surface area contributed by atoms with E-state index in [1.54, 1.807) is 5.01 Å². The standard InChI is InChI=1S/C18H17BrFN5O/c1-11-3-2-4-15(11)25(17-14(19)10-22-16(9-21)23-17)24-18(26)12-5-7-13(20)8-6-12/h5-8,10-11,15H,2-4H2,1H3,(H,24,26)/t11-,15-/m0/s1. The van der Waals surface area contributed by atoms with E-state index < -0.39 is 5.82 Å². The number of hydrogen-bond acceptors (Lipinski definition) is 5. The zero-order chi connectivity index (χ0) is 18.7. The van der Waals surface area contributed by atoms with E-state index in [2.05, 4.69) is 38.2 Å². The van der Waals surface area contributed by atoms with Crippen LogP contribution in [-0.4, -0.2) is 21.9 Å². The molecule has 1 heterocycles. The van der Waals surface area contributed by atoms with Crippen LogP contribution in [0.4, 0.5) is 10.2 Å². The lowest BCUT2D eigenvalue weighted by molar-refractivity contribution is 0.0941. The third-order valence-corrected chi connectivity index (χ3v) is 5.09. The van der Waals surface area contributed by atoms with Gasteiger partial charge in [-0.15, -0.1) is 0 Å².